The van der Waals surface area contributed by atoms with Crippen molar-refractivity contribution >= 4 is 6.03 Å². The van der Waals surface area contributed by atoms with Crippen LogP contribution in [0.3, 0.4) is 0 Å². The van der Waals surface area contributed by atoms with Gasteiger partial charge in [0, 0.05) is 19.6 Å². The van der Waals surface area contributed by atoms with Crippen LogP contribution in [0.5, 0.6) is 0 Å². The second-order valence-electron chi connectivity index (χ2n) is 3.77. The lowest BCUT2D eigenvalue weighted by atomic mass is 10.1. The summed E-state index contributed by atoms with van der Waals surface area (Å²) in [5.41, 5.74) is 1.21. The maximum Gasteiger partial charge on any atom is 0.317 e. The zero-order valence-corrected chi connectivity index (χ0v) is 10.2. The van der Waals surface area contributed by atoms with E-state index in [1.807, 2.05) is 37.3 Å². The minimum absolute atomic E-state index is 0.0000543. The van der Waals surface area contributed by atoms with Crippen molar-refractivity contribution in [2.24, 2.45) is 0 Å². The highest BCUT2D eigenvalue weighted by atomic mass is 16.3. The molecular formula is C13H20N2O2. The molecule has 0 spiro atoms. The molecule has 94 valence electrons. The van der Waals surface area contributed by atoms with Crippen LogP contribution in [-0.4, -0.2) is 42.3 Å². The van der Waals surface area contributed by atoms with Gasteiger partial charge >= 0.3 is 6.03 Å². The Bertz CT molecular complexity index is 327. The molecule has 4 heteroatoms. The average Bonchev–Trinajstić information content (AvgIpc) is 2.37. The van der Waals surface area contributed by atoms with Gasteiger partial charge in [0.05, 0.1) is 6.61 Å². The number of likely N-dealkylation sites (N-methyl/N-ethyl adjacent to an activating group) is 1. The van der Waals surface area contributed by atoms with Gasteiger partial charge < -0.3 is 15.3 Å². The maximum absolute atomic E-state index is 11.7. The largest absolute Gasteiger partial charge is 0.395 e. The van der Waals surface area contributed by atoms with Crippen LogP contribution in [0.2, 0.25) is 0 Å². The van der Waals surface area contributed by atoms with Crippen LogP contribution in [0, 0.1) is 0 Å². The quantitative estimate of drug-likeness (QED) is 0.781. The molecule has 1 aromatic carbocycles. The number of carbonyl (C=O) groups is 1. The van der Waals surface area contributed by atoms with Crippen molar-refractivity contribution in [1.29, 1.82) is 0 Å². The van der Waals surface area contributed by atoms with Crippen LogP contribution < -0.4 is 5.32 Å². The Morgan fingerprint density at radius 1 is 1.35 bits per heavy atom. The molecule has 0 aliphatic rings. The summed E-state index contributed by atoms with van der Waals surface area (Å²) in [7, 11) is 0. The van der Waals surface area contributed by atoms with E-state index in [-0.39, 0.29) is 12.6 Å². The number of amides is 2. The Labute approximate surface area is 102 Å². The second-order valence-corrected chi connectivity index (χ2v) is 3.77. The SMILES string of the molecule is CCN(CCO)C(=O)NCCc1ccccc1. The highest BCUT2D eigenvalue weighted by Gasteiger charge is 2.09. The Morgan fingerprint density at radius 2 is 2.06 bits per heavy atom. The van der Waals surface area contributed by atoms with E-state index in [1.165, 1.54) is 5.56 Å². The van der Waals surface area contributed by atoms with Crippen LogP contribution in [0.4, 0.5) is 4.79 Å². The first-order valence-corrected chi connectivity index (χ1v) is 5.95. The first-order valence-electron chi connectivity index (χ1n) is 5.95. The van der Waals surface area contributed by atoms with Gasteiger partial charge in [0.15, 0.2) is 0 Å². The van der Waals surface area contributed by atoms with Crippen molar-refractivity contribution < 1.29 is 9.90 Å². The van der Waals surface area contributed by atoms with Crippen molar-refractivity contribution in [3.63, 3.8) is 0 Å². The molecule has 2 N–H and O–H groups in total. The molecule has 1 aromatic rings. The van der Waals surface area contributed by atoms with E-state index >= 15 is 0 Å². The van der Waals surface area contributed by atoms with Gasteiger partial charge in [-0.15, -0.1) is 0 Å². The van der Waals surface area contributed by atoms with Crippen LogP contribution in [0.15, 0.2) is 30.3 Å². The van der Waals surface area contributed by atoms with Gasteiger partial charge in [-0.2, -0.15) is 0 Å². The van der Waals surface area contributed by atoms with Crippen LogP contribution in [0.25, 0.3) is 0 Å². The Hall–Kier alpha value is -1.55. The third-order valence-corrected chi connectivity index (χ3v) is 2.57. The molecule has 0 unspecified atom stereocenters. The normalized spacial score (nSPS) is 10.0. The van der Waals surface area contributed by atoms with Gasteiger partial charge in [-0.25, -0.2) is 4.79 Å². The van der Waals surface area contributed by atoms with Gasteiger partial charge in [-0.3, -0.25) is 0 Å². The van der Waals surface area contributed by atoms with Crippen LogP contribution in [-0.2, 0) is 6.42 Å². The summed E-state index contributed by atoms with van der Waals surface area (Å²) in [4.78, 5) is 13.2. The molecule has 0 aromatic heterocycles. The summed E-state index contributed by atoms with van der Waals surface area (Å²) in [6.07, 6.45) is 0.823. The topological polar surface area (TPSA) is 52.6 Å². The molecule has 17 heavy (non-hydrogen) atoms. The third-order valence-electron chi connectivity index (χ3n) is 2.57. The summed E-state index contributed by atoms with van der Waals surface area (Å²) >= 11 is 0. The van der Waals surface area contributed by atoms with Crippen molar-refractivity contribution in [1.82, 2.24) is 10.2 Å². The predicted molar refractivity (Wildman–Crippen MR) is 67.9 cm³/mol. The summed E-state index contributed by atoms with van der Waals surface area (Å²) in [6, 6.07) is 9.91. The lowest BCUT2D eigenvalue weighted by molar-refractivity contribution is 0.180. The van der Waals surface area contributed by atoms with E-state index in [0.717, 1.165) is 6.42 Å². The Kier molecular flexibility index (Phi) is 6.10. The molecule has 1 rings (SSSR count). The highest BCUT2D eigenvalue weighted by molar-refractivity contribution is 5.74. The second kappa shape index (κ2) is 7.68. The van der Waals surface area contributed by atoms with E-state index in [2.05, 4.69) is 5.32 Å². The molecule has 0 bridgehead atoms. The molecule has 0 heterocycles. The molecule has 0 fully saturated rings. The smallest absolute Gasteiger partial charge is 0.317 e. The lowest BCUT2D eigenvalue weighted by Gasteiger charge is -2.20. The molecule has 0 aliphatic heterocycles. The van der Waals surface area contributed by atoms with E-state index in [1.54, 1.807) is 4.90 Å². The highest BCUT2D eigenvalue weighted by Crippen LogP contribution is 1.98. The van der Waals surface area contributed by atoms with Crippen LogP contribution in [0.1, 0.15) is 12.5 Å². The van der Waals surface area contributed by atoms with Crippen molar-refractivity contribution in [2.45, 2.75) is 13.3 Å². The number of hydrogen-bond acceptors (Lipinski definition) is 2. The maximum atomic E-state index is 11.7. The van der Waals surface area contributed by atoms with E-state index in [0.29, 0.717) is 19.6 Å². The van der Waals surface area contributed by atoms with E-state index < -0.39 is 0 Å². The molecular weight excluding hydrogens is 216 g/mol. The number of nitrogens with one attached hydrogen (secondary N) is 1. The van der Waals surface area contributed by atoms with Gasteiger partial charge in [-0.05, 0) is 18.9 Å². The van der Waals surface area contributed by atoms with E-state index in [9.17, 15) is 4.79 Å². The number of nitrogens with zero attached hydrogens (tertiary/aromatic N) is 1. The van der Waals surface area contributed by atoms with E-state index in [4.69, 9.17) is 5.11 Å². The molecule has 2 amide bonds. The molecule has 0 saturated heterocycles. The predicted octanol–water partition coefficient (Wildman–Crippen LogP) is 1.25. The van der Waals surface area contributed by atoms with Crippen molar-refractivity contribution in [2.75, 3.05) is 26.2 Å². The first-order chi connectivity index (χ1) is 8.27. The number of carbonyl (C=O) groups excluding carboxylic acids is 1. The van der Waals surface area contributed by atoms with Crippen molar-refractivity contribution in [3.05, 3.63) is 35.9 Å². The number of urea groups is 1. The zero-order valence-electron chi connectivity index (χ0n) is 10.2. The molecule has 0 atom stereocenters. The standard InChI is InChI=1S/C13H20N2O2/c1-2-15(10-11-16)13(17)14-9-8-12-6-4-3-5-7-12/h3-7,16H,2,8-11H2,1H3,(H,14,17). The monoisotopic (exact) mass is 236 g/mol. The third kappa shape index (κ3) is 4.87. The first kappa shape index (κ1) is 13.5. The summed E-state index contributed by atoms with van der Waals surface area (Å²) in [6.45, 7) is 3.50. The molecule has 0 radical (unpaired) electrons. The minimum Gasteiger partial charge on any atom is -0.395 e. The lowest BCUT2D eigenvalue weighted by Crippen LogP contribution is -2.42. The molecule has 0 aliphatic carbocycles. The van der Waals surface area contributed by atoms with Gasteiger partial charge in [0.25, 0.3) is 0 Å². The van der Waals surface area contributed by atoms with Gasteiger partial charge in [-0.1, -0.05) is 30.3 Å². The fourth-order valence-corrected chi connectivity index (χ4v) is 1.59. The number of aliphatic hydroxyl groups excluding tert-OH is 1. The molecule has 4 nitrogen and oxygen atoms in total. The number of aliphatic hydroxyl groups is 1. The summed E-state index contributed by atoms with van der Waals surface area (Å²) < 4.78 is 0. The minimum atomic E-state index is -0.113. The zero-order chi connectivity index (χ0) is 12.5. The Morgan fingerprint density at radius 3 is 2.65 bits per heavy atom. The van der Waals surface area contributed by atoms with Crippen LogP contribution >= 0.6 is 0 Å². The fraction of sp³-hybridized carbons (Fsp3) is 0.462. The van der Waals surface area contributed by atoms with Crippen molar-refractivity contribution in [3.8, 4) is 0 Å². The Balaban J connectivity index is 2.28. The molecule has 0 saturated carbocycles. The number of benzene rings is 1. The van der Waals surface area contributed by atoms with Gasteiger partial charge in [0.1, 0.15) is 0 Å². The summed E-state index contributed by atoms with van der Waals surface area (Å²) in [5.74, 6) is 0. The van der Waals surface area contributed by atoms with Gasteiger partial charge in [0.2, 0.25) is 0 Å². The summed E-state index contributed by atoms with van der Waals surface area (Å²) in [5, 5.41) is 11.6. The number of rotatable bonds is 6. The fourth-order valence-electron chi connectivity index (χ4n) is 1.59. The number of hydrogen-bond donors (Lipinski definition) is 2. The average molecular weight is 236 g/mol.